The summed E-state index contributed by atoms with van der Waals surface area (Å²) in [4.78, 5) is 24.2. The molecule has 2 amide bonds. The summed E-state index contributed by atoms with van der Waals surface area (Å²) in [6.07, 6.45) is 8.49. The number of urea groups is 1. The lowest BCUT2D eigenvalue weighted by Crippen LogP contribution is -2.50. The second-order valence-electron chi connectivity index (χ2n) is 6.32. The zero-order valence-electron chi connectivity index (χ0n) is 13.2. The summed E-state index contributed by atoms with van der Waals surface area (Å²) in [5, 5.41) is 10.1. The number of hydrogen-bond donors (Lipinski definition) is 2. The second kappa shape index (κ2) is 7.59. The van der Waals surface area contributed by atoms with Crippen LogP contribution in [0.3, 0.4) is 0 Å². The van der Waals surface area contributed by atoms with Crippen molar-refractivity contribution in [1.82, 2.24) is 20.4 Å². The highest BCUT2D eigenvalue weighted by atomic mass is 16.5. The Labute approximate surface area is 135 Å². The van der Waals surface area contributed by atoms with Gasteiger partial charge in [-0.2, -0.15) is 5.10 Å². The molecule has 1 saturated heterocycles. The van der Waals surface area contributed by atoms with Gasteiger partial charge in [0.25, 0.3) is 5.56 Å². The summed E-state index contributed by atoms with van der Waals surface area (Å²) in [5.41, 5.74) is -0.182. The van der Waals surface area contributed by atoms with Crippen molar-refractivity contribution >= 4 is 6.03 Å². The predicted molar refractivity (Wildman–Crippen MR) is 85.3 cm³/mol. The van der Waals surface area contributed by atoms with E-state index in [-0.39, 0.29) is 29.7 Å². The van der Waals surface area contributed by atoms with E-state index in [1.807, 2.05) is 0 Å². The number of nitrogens with one attached hydrogen (secondary N) is 2. The van der Waals surface area contributed by atoms with Crippen LogP contribution in [0.25, 0.3) is 0 Å². The maximum atomic E-state index is 12.3. The molecule has 2 aliphatic rings. The van der Waals surface area contributed by atoms with Crippen molar-refractivity contribution in [3.8, 4) is 0 Å². The third-order valence-corrected chi connectivity index (χ3v) is 4.61. The van der Waals surface area contributed by atoms with Gasteiger partial charge in [0, 0.05) is 18.3 Å². The van der Waals surface area contributed by atoms with Crippen LogP contribution >= 0.6 is 0 Å². The first-order valence-corrected chi connectivity index (χ1v) is 8.42. The molecular formula is C16H24N4O3. The molecule has 2 N–H and O–H groups in total. The minimum Gasteiger partial charge on any atom is -0.377 e. The third kappa shape index (κ3) is 4.10. The number of amides is 2. The van der Waals surface area contributed by atoms with E-state index in [0.29, 0.717) is 13.2 Å². The fourth-order valence-electron chi connectivity index (χ4n) is 3.36. The molecule has 7 heteroatoms. The summed E-state index contributed by atoms with van der Waals surface area (Å²) in [6.45, 7) is 0.775. The van der Waals surface area contributed by atoms with E-state index in [0.717, 1.165) is 12.8 Å². The van der Waals surface area contributed by atoms with Crippen molar-refractivity contribution in [1.29, 1.82) is 0 Å². The fourth-order valence-corrected chi connectivity index (χ4v) is 3.36. The van der Waals surface area contributed by atoms with Crippen molar-refractivity contribution in [3.63, 3.8) is 0 Å². The molecular weight excluding hydrogens is 296 g/mol. The minimum atomic E-state index is -0.261. The van der Waals surface area contributed by atoms with E-state index in [2.05, 4.69) is 15.7 Å². The molecule has 0 aromatic carbocycles. The summed E-state index contributed by atoms with van der Waals surface area (Å²) >= 11 is 0. The van der Waals surface area contributed by atoms with Crippen LogP contribution in [0, 0.1) is 0 Å². The number of rotatable bonds is 3. The Morgan fingerprint density at radius 3 is 2.70 bits per heavy atom. The van der Waals surface area contributed by atoms with Gasteiger partial charge in [0.1, 0.15) is 6.04 Å². The molecule has 0 spiro atoms. The Balaban J connectivity index is 1.59. The Morgan fingerprint density at radius 1 is 1.17 bits per heavy atom. The molecule has 0 radical (unpaired) electrons. The van der Waals surface area contributed by atoms with Crippen molar-refractivity contribution in [2.75, 3.05) is 13.2 Å². The Hall–Kier alpha value is -1.89. The number of carbonyl (C=O) groups excluding carboxylic acids is 1. The Kier molecular flexibility index (Phi) is 5.27. The molecule has 3 rings (SSSR count). The first-order valence-electron chi connectivity index (χ1n) is 8.42. The second-order valence-corrected chi connectivity index (χ2v) is 6.32. The normalized spacial score (nSPS) is 25.7. The Morgan fingerprint density at radius 2 is 1.96 bits per heavy atom. The van der Waals surface area contributed by atoms with Crippen molar-refractivity contribution in [2.45, 2.75) is 56.7 Å². The van der Waals surface area contributed by atoms with Gasteiger partial charge >= 0.3 is 6.03 Å². The molecule has 1 aromatic heterocycles. The van der Waals surface area contributed by atoms with Crippen molar-refractivity contribution < 1.29 is 9.53 Å². The molecule has 0 bridgehead atoms. The third-order valence-electron chi connectivity index (χ3n) is 4.61. The molecule has 1 saturated carbocycles. The molecule has 7 nitrogen and oxygen atoms in total. The SMILES string of the molecule is O=C(NC1CCCCCC1)NC1COCC1n1ncccc1=O. The average Bonchev–Trinajstić information content (AvgIpc) is 2.83. The number of carbonyl (C=O) groups is 1. The minimum absolute atomic E-state index is 0.179. The number of nitrogens with zero attached hydrogens (tertiary/aromatic N) is 2. The van der Waals surface area contributed by atoms with Gasteiger partial charge in [-0.05, 0) is 18.9 Å². The van der Waals surface area contributed by atoms with Crippen LogP contribution in [0.4, 0.5) is 4.79 Å². The highest BCUT2D eigenvalue weighted by Crippen LogP contribution is 2.18. The van der Waals surface area contributed by atoms with Gasteiger partial charge in [-0.1, -0.05) is 25.7 Å². The van der Waals surface area contributed by atoms with E-state index in [1.165, 1.54) is 36.4 Å². The molecule has 23 heavy (non-hydrogen) atoms. The Bertz CT molecular complexity index is 581. The molecule has 2 unspecified atom stereocenters. The summed E-state index contributed by atoms with van der Waals surface area (Å²) in [7, 11) is 0. The van der Waals surface area contributed by atoms with Crippen LogP contribution in [0.5, 0.6) is 0 Å². The molecule has 2 atom stereocenters. The summed E-state index contributed by atoms with van der Waals surface area (Å²) < 4.78 is 6.84. The van der Waals surface area contributed by atoms with Crippen LogP contribution < -0.4 is 16.2 Å². The molecule has 126 valence electrons. The molecule has 2 heterocycles. The lowest BCUT2D eigenvalue weighted by molar-refractivity contribution is 0.180. The van der Waals surface area contributed by atoms with Crippen molar-refractivity contribution in [3.05, 3.63) is 28.7 Å². The molecule has 1 aliphatic heterocycles. The van der Waals surface area contributed by atoms with E-state index in [1.54, 1.807) is 12.3 Å². The zero-order valence-corrected chi connectivity index (χ0v) is 13.2. The highest BCUT2D eigenvalue weighted by molar-refractivity contribution is 5.74. The van der Waals surface area contributed by atoms with Crippen LogP contribution in [-0.2, 0) is 4.74 Å². The molecule has 2 fully saturated rings. The lowest BCUT2D eigenvalue weighted by Gasteiger charge is -2.22. The van der Waals surface area contributed by atoms with Crippen LogP contribution in [0.15, 0.2) is 23.1 Å². The summed E-state index contributed by atoms with van der Waals surface area (Å²) in [6, 6.07) is 2.64. The maximum Gasteiger partial charge on any atom is 0.315 e. The van der Waals surface area contributed by atoms with Gasteiger partial charge in [0.2, 0.25) is 0 Å². The van der Waals surface area contributed by atoms with Gasteiger partial charge in [-0.3, -0.25) is 4.79 Å². The van der Waals surface area contributed by atoms with Gasteiger partial charge < -0.3 is 15.4 Å². The van der Waals surface area contributed by atoms with Gasteiger partial charge in [0.05, 0.1) is 19.3 Å². The fraction of sp³-hybridized carbons (Fsp3) is 0.688. The van der Waals surface area contributed by atoms with Gasteiger partial charge in [0.15, 0.2) is 0 Å². The molecule has 1 aliphatic carbocycles. The van der Waals surface area contributed by atoms with Crippen LogP contribution in [-0.4, -0.2) is 41.1 Å². The zero-order chi connectivity index (χ0) is 16.1. The summed E-state index contributed by atoms with van der Waals surface area (Å²) in [5.74, 6) is 0. The highest BCUT2D eigenvalue weighted by Gasteiger charge is 2.32. The van der Waals surface area contributed by atoms with Crippen LogP contribution in [0.2, 0.25) is 0 Å². The standard InChI is InChI=1S/C16H24N4O3/c21-15-8-5-9-17-20(15)14-11-23-10-13(14)19-16(22)18-12-6-3-1-2-4-7-12/h5,8-9,12-14H,1-4,6-7,10-11H2,(H2,18,19,22). The number of ether oxygens (including phenoxy) is 1. The quantitative estimate of drug-likeness (QED) is 0.820. The van der Waals surface area contributed by atoms with E-state index in [4.69, 9.17) is 4.74 Å². The first-order chi connectivity index (χ1) is 11.2. The maximum absolute atomic E-state index is 12.3. The number of aromatic nitrogens is 2. The lowest BCUT2D eigenvalue weighted by atomic mass is 10.1. The van der Waals surface area contributed by atoms with Gasteiger partial charge in [-0.15, -0.1) is 0 Å². The van der Waals surface area contributed by atoms with Gasteiger partial charge in [-0.25, -0.2) is 9.48 Å². The predicted octanol–water partition coefficient (Wildman–Crippen LogP) is 1.21. The monoisotopic (exact) mass is 320 g/mol. The largest absolute Gasteiger partial charge is 0.377 e. The van der Waals surface area contributed by atoms with Crippen molar-refractivity contribution in [2.24, 2.45) is 0 Å². The number of hydrogen-bond acceptors (Lipinski definition) is 4. The smallest absolute Gasteiger partial charge is 0.315 e. The van der Waals surface area contributed by atoms with E-state index >= 15 is 0 Å². The average molecular weight is 320 g/mol. The first kappa shape index (κ1) is 16.0. The van der Waals surface area contributed by atoms with Crippen LogP contribution in [0.1, 0.15) is 44.6 Å². The molecule has 1 aromatic rings. The van der Waals surface area contributed by atoms with E-state index < -0.39 is 0 Å². The van der Waals surface area contributed by atoms with E-state index in [9.17, 15) is 9.59 Å². The topological polar surface area (TPSA) is 85.2 Å².